The zero-order valence-corrected chi connectivity index (χ0v) is 9.49. The van der Waals surface area contributed by atoms with Gasteiger partial charge in [-0.2, -0.15) is 0 Å². The third kappa shape index (κ3) is 3.14. The molecular weight excluding hydrogens is 176 g/mol. The van der Waals surface area contributed by atoms with Crippen LogP contribution in [0.1, 0.15) is 26.0 Å². The topological polar surface area (TPSA) is 18.0 Å². The lowest BCUT2D eigenvalue weighted by Gasteiger charge is -2.00. The summed E-state index contributed by atoms with van der Waals surface area (Å²) in [6.45, 7) is 10.1. The van der Waals surface area contributed by atoms with Crippen molar-refractivity contribution in [2.45, 2.75) is 40.3 Å². The van der Waals surface area contributed by atoms with Crippen molar-refractivity contribution < 1.29 is 9.30 Å². The summed E-state index contributed by atoms with van der Waals surface area (Å²) in [5.74, 6) is 0. The number of aryl methyl sites for hydroxylation is 2. The normalized spacial score (nSPS) is 10.8. The molecule has 1 heterocycles. The molecule has 0 atom stereocenters. The molecule has 0 saturated carbocycles. The summed E-state index contributed by atoms with van der Waals surface area (Å²) in [5.41, 5.74) is 1.30. The van der Waals surface area contributed by atoms with Gasteiger partial charge in [-0.15, -0.1) is 0 Å². The van der Waals surface area contributed by atoms with Gasteiger partial charge in [0, 0.05) is 13.5 Å². The van der Waals surface area contributed by atoms with E-state index in [2.05, 4.69) is 42.4 Å². The fourth-order valence-electron chi connectivity index (χ4n) is 1.43. The van der Waals surface area contributed by atoms with E-state index in [-0.39, 0.29) is 0 Å². The Morgan fingerprint density at radius 3 is 2.71 bits per heavy atom. The molecule has 0 unspecified atom stereocenters. The fourth-order valence-corrected chi connectivity index (χ4v) is 1.43. The molecule has 1 aromatic heterocycles. The summed E-state index contributed by atoms with van der Waals surface area (Å²) in [7, 11) is 0. The molecule has 0 saturated heterocycles. The van der Waals surface area contributed by atoms with E-state index in [1.807, 2.05) is 0 Å². The number of aromatic nitrogens is 2. The average molecular weight is 197 g/mol. The van der Waals surface area contributed by atoms with Gasteiger partial charge in [0.2, 0.25) is 6.33 Å². The zero-order chi connectivity index (χ0) is 10.4. The van der Waals surface area contributed by atoms with E-state index in [0.29, 0.717) is 0 Å². The van der Waals surface area contributed by atoms with Crippen LogP contribution in [0.4, 0.5) is 0 Å². The number of imidazole rings is 1. The van der Waals surface area contributed by atoms with Crippen LogP contribution in [0, 0.1) is 6.92 Å². The number of ether oxygens (including phenoxy) is 1. The van der Waals surface area contributed by atoms with Crippen molar-refractivity contribution in [1.29, 1.82) is 0 Å². The van der Waals surface area contributed by atoms with Crippen LogP contribution < -0.4 is 4.57 Å². The third-order valence-corrected chi connectivity index (χ3v) is 2.28. The smallest absolute Gasteiger partial charge is 0.244 e. The SMILES string of the molecule is CCCOCCn1c[n+](CC)cc1C. The van der Waals surface area contributed by atoms with Gasteiger partial charge >= 0.3 is 0 Å². The highest BCUT2D eigenvalue weighted by atomic mass is 16.5. The largest absolute Gasteiger partial charge is 0.377 e. The predicted molar refractivity (Wildman–Crippen MR) is 56.1 cm³/mol. The molecule has 0 bridgehead atoms. The van der Waals surface area contributed by atoms with Gasteiger partial charge in [0.25, 0.3) is 0 Å². The molecule has 0 aromatic carbocycles. The minimum atomic E-state index is 0.813. The monoisotopic (exact) mass is 197 g/mol. The average Bonchev–Trinajstić information content (AvgIpc) is 2.54. The summed E-state index contributed by atoms with van der Waals surface area (Å²) in [5, 5.41) is 0. The summed E-state index contributed by atoms with van der Waals surface area (Å²) in [6.07, 6.45) is 5.41. The maximum Gasteiger partial charge on any atom is 0.244 e. The first-order valence-corrected chi connectivity index (χ1v) is 5.41. The summed E-state index contributed by atoms with van der Waals surface area (Å²) in [6, 6.07) is 0. The first-order chi connectivity index (χ1) is 6.77. The van der Waals surface area contributed by atoms with Crippen molar-refractivity contribution in [3.05, 3.63) is 18.2 Å². The van der Waals surface area contributed by atoms with E-state index in [9.17, 15) is 0 Å². The van der Waals surface area contributed by atoms with Crippen molar-refractivity contribution in [2.24, 2.45) is 0 Å². The van der Waals surface area contributed by atoms with E-state index in [0.717, 1.165) is 32.7 Å². The van der Waals surface area contributed by atoms with Gasteiger partial charge in [-0.05, 0) is 13.3 Å². The van der Waals surface area contributed by atoms with Gasteiger partial charge < -0.3 is 4.74 Å². The first-order valence-electron chi connectivity index (χ1n) is 5.41. The lowest BCUT2D eigenvalue weighted by molar-refractivity contribution is -0.693. The molecule has 3 heteroatoms. The standard InChI is InChI=1S/C11H21N2O/c1-4-7-14-8-6-13-10-12(5-2)9-11(13)3/h9-10H,4-8H2,1-3H3/q+1. The van der Waals surface area contributed by atoms with Crippen LogP contribution in [0.2, 0.25) is 0 Å². The molecule has 0 N–H and O–H groups in total. The molecule has 0 spiro atoms. The Kier molecular flexibility index (Phi) is 4.66. The zero-order valence-electron chi connectivity index (χ0n) is 9.49. The van der Waals surface area contributed by atoms with Crippen LogP contribution in [0.15, 0.2) is 12.5 Å². The van der Waals surface area contributed by atoms with Gasteiger partial charge in [0.1, 0.15) is 18.4 Å². The van der Waals surface area contributed by atoms with Crippen molar-refractivity contribution in [2.75, 3.05) is 13.2 Å². The fraction of sp³-hybridized carbons (Fsp3) is 0.727. The number of hydrogen-bond acceptors (Lipinski definition) is 1. The maximum absolute atomic E-state index is 5.45. The molecule has 0 aliphatic carbocycles. The summed E-state index contributed by atoms with van der Waals surface area (Å²) < 4.78 is 9.88. The van der Waals surface area contributed by atoms with Crippen LogP contribution in [-0.2, 0) is 17.8 Å². The molecular formula is C11H21N2O+. The molecule has 0 radical (unpaired) electrons. The van der Waals surface area contributed by atoms with E-state index in [1.54, 1.807) is 0 Å². The minimum absolute atomic E-state index is 0.813. The van der Waals surface area contributed by atoms with E-state index in [1.165, 1.54) is 5.69 Å². The Morgan fingerprint density at radius 2 is 2.14 bits per heavy atom. The summed E-state index contributed by atoms with van der Waals surface area (Å²) >= 11 is 0. The van der Waals surface area contributed by atoms with Crippen molar-refractivity contribution >= 4 is 0 Å². The van der Waals surface area contributed by atoms with Crippen LogP contribution in [0.5, 0.6) is 0 Å². The molecule has 14 heavy (non-hydrogen) atoms. The van der Waals surface area contributed by atoms with Crippen molar-refractivity contribution in [3.8, 4) is 0 Å². The van der Waals surface area contributed by atoms with Gasteiger partial charge in [-0.3, -0.25) is 0 Å². The van der Waals surface area contributed by atoms with E-state index in [4.69, 9.17) is 4.74 Å². The highest BCUT2D eigenvalue weighted by molar-refractivity contribution is 4.88. The van der Waals surface area contributed by atoms with E-state index >= 15 is 0 Å². The third-order valence-electron chi connectivity index (χ3n) is 2.28. The maximum atomic E-state index is 5.45. The second-order valence-electron chi connectivity index (χ2n) is 3.52. The Hall–Kier alpha value is -0.830. The minimum Gasteiger partial charge on any atom is -0.377 e. The molecule has 3 nitrogen and oxygen atoms in total. The van der Waals surface area contributed by atoms with Gasteiger partial charge in [-0.1, -0.05) is 6.92 Å². The van der Waals surface area contributed by atoms with Crippen LogP contribution >= 0.6 is 0 Å². The Morgan fingerprint density at radius 1 is 1.36 bits per heavy atom. The molecule has 0 aliphatic rings. The lowest BCUT2D eigenvalue weighted by Crippen LogP contribution is -2.29. The molecule has 0 amide bonds. The first kappa shape index (κ1) is 11.2. The molecule has 80 valence electrons. The highest BCUT2D eigenvalue weighted by Gasteiger charge is 2.07. The molecule has 0 fully saturated rings. The van der Waals surface area contributed by atoms with Crippen LogP contribution in [0.3, 0.4) is 0 Å². The second kappa shape index (κ2) is 5.81. The Labute approximate surface area is 86.3 Å². The van der Waals surface area contributed by atoms with Crippen LogP contribution in [0.25, 0.3) is 0 Å². The Bertz CT molecular complexity index is 268. The molecule has 0 aliphatic heterocycles. The number of nitrogens with zero attached hydrogens (tertiary/aromatic N) is 2. The lowest BCUT2D eigenvalue weighted by atomic mass is 10.5. The van der Waals surface area contributed by atoms with Gasteiger partial charge in [0.05, 0.1) is 13.2 Å². The molecule has 1 aromatic rings. The molecule has 1 rings (SSSR count). The summed E-state index contributed by atoms with van der Waals surface area (Å²) in [4.78, 5) is 0. The number of rotatable bonds is 6. The van der Waals surface area contributed by atoms with Crippen LogP contribution in [-0.4, -0.2) is 17.8 Å². The quantitative estimate of drug-likeness (QED) is 0.499. The number of hydrogen-bond donors (Lipinski definition) is 0. The predicted octanol–water partition coefficient (Wildman–Crippen LogP) is 1.53. The van der Waals surface area contributed by atoms with Gasteiger partial charge in [0.15, 0.2) is 0 Å². The van der Waals surface area contributed by atoms with Crippen molar-refractivity contribution in [3.63, 3.8) is 0 Å². The van der Waals surface area contributed by atoms with Crippen molar-refractivity contribution in [1.82, 2.24) is 4.57 Å². The Balaban J connectivity index is 2.38. The highest BCUT2D eigenvalue weighted by Crippen LogP contribution is 1.95. The van der Waals surface area contributed by atoms with Gasteiger partial charge in [-0.25, -0.2) is 9.13 Å². The van der Waals surface area contributed by atoms with E-state index < -0.39 is 0 Å². The second-order valence-corrected chi connectivity index (χ2v) is 3.52.